The molecule has 0 aliphatic heterocycles. The summed E-state index contributed by atoms with van der Waals surface area (Å²) in [7, 11) is 1.34. The van der Waals surface area contributed by atoms with E-state index in [4.69, 9.17) is 9.47 Å². The predicted molar refractivity (Wildman–Crippen MR) is 113 cm³/mol. The third-order valence-electron chi connectivity index (χ3n) is 4.54. The average Bonchev–Trinajstić information content (AvgIpc) is 3.00. The Bertz CT molecular complexity index is 1130. The van der Waals surface area contributed by atoms with Crippen LogP contribution in [0, 0.1) is 13.8 Å². The van der Waals surface area contributed by atoms with Gasteiger partial charge in [0.15, 0.2) is 4.80 Å². The lowest BCUT2D eigenvalue weighted by Crippen LogP contribution is -2.22. The van der Waals surface area contributed by atoms with Crippen LogP contribution in [-0.2, 0) is 27.3 Å². The number of carbonyl (C=O) groups excluding carboxylic acids is 2. The van der Waals surface area contributed by atoms with E-state index in [0.29, 0.717) is 11.4 Å². The van der Waals surface area contributed by atoms with E-state index < -0.39 is 5.97 Å². The van der Waals surface area contributed by atoms with E-state index in [1.165, 1.54) is 18.4 Å². The van der Waals surface area contributed by atoms with Gasteiger partial charge in [-0.2, -0.15) is 4.99 Å². The van der Waals surface area contributed by atoms with Gasteiger partial charge in [0, 0.05) is 0 Å². The number of ether oxygens (including phenoxy) is 2. The fraction of sp³-hybridized carbons (Fsp3) is 0.318. The molecule has 0 bridgehead atoms. The van der Waals surface area contributed by atoms with Crippen LogP contribution in [0.4, 0.5) is 0 Å². The first-order valence-electron chi connectivity index (χ1n) is 9.38. The second kappa shape index (κ2) is 9.05. The summed E-state index contributed by atoms with van der Waals surface area (Å²) in [5.41, 5.74) is 3.97. The van der Waals surface area contributed by atoms with E-state index in [1.807, 2.05) is 51.1 Å². The van der Waals surface area contributed by atoms with Crippen molar-refractivity contribution in [2.24, 2.45) is 4.99 Å². The van der Waals surface area contributed by atoms with Crippen molar-refractivity contribution in [3.63, 3.8) is 0 Å². The molecule has 7 heteroatoms. The monoisotopic (exact) mass is 412 g/mol. The number of aryl methyl sites for hydroxylation is 2. The molecular weight excluding hydrogens is 388 g/mol. The van der Waals surface area contributed by atoms with Gasteiger partial charge in [-0.3, -0.25) is 9.59 Å². The Morgan fingerprint density at radius 3 is 2.62 bits per heavy atom. The lowest BCUT2D eigenvalue weighted by atomic mass is 10.0. The second-order valence-electron chi connectivity index (χ2n) is 6.72. The molecule has 0 aliphatic rings. The molecule has 0 fully saturated rings. The standard InChI is InChI=1S/C22H24N2O4S/c1-5-28-17-8-9-18-19(12-17)29-22(24(18)13-21(26)27-4)23-20(25)11-16-7-6-14(2)10-15(16)3/h6-10,12H,5,11,13H2,1-4H3. The van der Waals surface area contributed by atoms with Gasteiger partial charge < -0.3 is 14.0 Å². The summed E-state index contributed by atoms with van der Waals surface area (Å²) in [5.74, 6) is 0.0774. The summed E-state index contributed by atoms with van der Waals surface area (Å²) < 4.78 is 13.0. The van der Waals surface area contributed by atoms with Crippen LogP contribution < -0.4 is 9.54 Å². The number of nitrogens with zero attached hydrogens (tertiary/aromatic N) is 2. The number of hydrogen-bond acceptors (Lipinski definition) is 5. The molecule has 152 valence electrons. The van der Waals surface area contributed by atoms with Crippen molar-refractivity contribution in [2.75, 3.05) is 13.7 Å². The van der Waals surface area contributed by atoms with Crippen molar-refractivity contribution < 1.29 is 19.1 Å². The average molecular weight is 413 g/mol. The minimum absolute atomic E-state index is 0.0137. The minimum Gasteiger partial charge on any atom is -0.494 e. The van der Waals surface area contributed by atoms with Gasteiger partial charge in [0.2, 0.25) is 0 Å². The third kappa shape index (κ3) is 4.92. The van der Waals surface area contributed by atoms with Gasteiger partial charge >= 0.3 is 5.97 Å². The maximum atomic E-state index is 12.7. The number of aromatic nitrogens is 1. The van der Waals surface area contributed by atoms with E-state index in [1.54, 1.807) is 4.57 Å². The number of fused-ring (bicyclic) bond motifs is 1. The van der Waals surface area contributed by atoms with Crippen LogP contribution in [0.5, 0.6) is 5.75 Å². The van der Waals surface area contributed by atoms with Crippen LogP contribution in [0.2, 0.25) is 0 Å². The molecule has 6 nitrogen and oxygen atoms in total. The topological polar surface area (TPSA) is 69.9 Å². The third-order valence-corrected chi connectivity index (χ3v) is 5.58. The Morgan fingerprint density at radius 1 is 1.14 bits per heavy atom. The number of hydrogen-bond donors (Lipinski definition) is 0. The zero-order chi connectivity index (χ0) is 21.0. The SMILES string of the molecule is CCOc1ccc2c(c1)sc(=NC(=O)Cc1ccc(C)cc1C)n2CC(=O)OC. The molecule has 0 saturated carbocycles. The molecule has 0 unspecified atom stereocenters. The molecule has 3 aromatic rings. The maximum Gasteiger partial charge on any atom is 0.325 e. The summed E-state index contributed by atoms with van der Waals surface area (Å²) in [6, 6.07) is 11.6. The molecule has 0 N–H and O–H groups in total. The number of rotatable bonds is 6. The first-order chi connectivity index (χ1) is 13.9. The van der Waals surface area contributed by atoms with Gasteiger partial charge in [-0.1, -0.05) is 35.1 Å². The van der Waals surface area contributed by atoms with Crippen LogP contribution in [0.1, 0.15) is 23.6 Å². The summed E-state index contributed by atoms with van der Waals surface area (Å²) in [5, 5.41) is 0. The second-order valence-corrected chi connectivity index (χ2v) is 7.73. The van der Waals surface area contributed by atoms with Gasteiger partial charge in [0.1, 0.15) is 12.3 Å². The van der Waals surface area contributed by atoms with Crippen molar-refractivity contribution in [1.29, 1.82) is 0 Å². The highest BCUT2D eigenvalue weighted by Crippen LogP contribution is 2.23. The highest BCUT2D eigenvalue weighted by atomic mass is 32.1. The molecule has 3 rings (SSSR count). The highest BCUT2D eigenvalue weighted by Gasteiger charge is 2.13. The molecule has 1 heterocycles. The maximum absolute atomic E-state index is 12.7. The van der Waals surface area contributed by atoms with Crippen molar-refractivity contribution in [3.8, 4) is 5.75 Å². The van der Waals surface area contributed by atoms with Crippen LogP contribution in [0.3, 0.4) is 0 Å². The first kappa shape index (κ1) is 20.8. The lowest BCUT2D eigenvalue weighted by molar-refractivity contribution is -0.141. The van der Waals surface area contributed by atoms with Crippen molar-refractivity contribution >= 4 is 33.4 Å². The van der Waals surface area contributed by atoms with Crippen molar-refractivity contribution in [1.82, 2.24) is 4.57 Å². The number of esters is 1. The summed E-state index contributed by atoms with van der Waals surface area (Å²) in [4.78, 5) is 29.3. The lowest BCUT2D eigenvalue weighted by Gasteiger charge is -2.06. The Labute approximate surface area is 173 Å². The fourth-order valence-corrected chi connectivity index (χ4v) is 4.17. The summed E-state index contributed by atoms with van der Waals surface area (Å²) in [6.07, 6.45) is 0.211. The van der Waals surface area contributed by atoms with Crippen LogP contribution in [0.15, 0.2) is 41.4 Å². The number of methoxy groups -OCH3 is 1. The number of amides is 1. The largest absolute Gasteiger partial charge is 0.494 e. The minimum atomic E-state index is -0.401. The van der Waals surface area contributed by atoms with Crippen LogP contribution in [-0.4, -0.2) is 30.2 Å². The van der Waals surface area contributed by atoms with Crippen molar-refractivity contribution in [3.05, 3.63) is 57.9 Å². The molecule has 0 atom stereocenters. The number of thiazole rings is 1. The summed E-state index contributed by atoms with van der Waals surface area (Å²) in [6.45, 7) is 6.47. The normalized spacial score (nSPS) is 11.7. The highest BCUT2D eigenvalue weighted by molar-refractivity contribution is 7.16. The molecular formula is C22H24N2O4S. The molecule has 0 saturated heterocycles. The van der Waals surface area contributed by atoms with Crippen LogP contribution >= 0.6 is 11.3 Å². The van der Waals surface area contributed by atoms with E-state index >= 15 is 0 Å². The molecule has 1 aromatic heterocycles. The van der Waals surface area contributed by atoms with Crippen LogP contribution in [0.25, 0.3) is 10.2 Å². The van der Waals surface area contributed by atoms with E-state index in [0.717, 1.165) is 32.7 Å². The van der Waals surface area contributed by atoms with Gasteiger partial charge in [-0.25, -0.2) is 0 Å². The fourth-order valence-electron chi connectivity index (χ4n) is 3.10. The van der Waals surface area contributed by atoms with E-state index in [9.17, 15) is 9.59 Å². The summed E-state index contributed by atoms with van der Waals surface area (Å²) >= 11 is 1.35. The van der Waals surface area contributed by atoms with E-state index in [2.05, 4.69) is 11.1 Å². The quantitative estimate of drug-likeness (QED) is 0.581. The Hall–Kier alpha value is -2.93. The molecule has 0 spiro atoms. The van der Waals surface area contributed by atoms with Gasteiger partial charge in [0.25, 0.3) is 5.91 Å². The van der Waals surface area contributed by atoms with Gasteiger partial charge in [0.05, 0.1) is 30.4 Å². The smallest absolute Gasteiger partial charge is 0.325 e. The Balaban J connectivity index is 2.01. The number of benzene rings is 2. The zero-order valence-corrected chi connectivity index (χ0v) is 17.8. The molecule has 0 radical (unpaired) electrons. The van der Waals surface area contributed by atoms with Gasteiger partial charge in [-0.15, -0.1) is 0 Å². The van der Waals surface area contributed by atoms with E-state index in [-0.39, 0.29) is 18.9 Å². The molecule has 2 aromatic carbocycles. The Kier molecular flexibility index (Phi) is 6.49. The molecule has 1 amide bonds. The molecule has 0 aliphatic carbocycles. The zero-order valence-electron chi connectivity index (χ0n) is 17.0. The Morgan fingerprint density at radius 2 is 1.93 bits per heavy atom. The number of carbonyl (C=O) groups is 2. The predicted octanol–water partition coefficient (Wildman–Crippen LogP) is 3.56. The molecule has 29 heavy (non-hydrogen) atoms. The van der Waals surface area contributed by atoms with Crippen molar-refractivity contribution in [2.45, 2.75) is 33.7 Å². The first-order valence-corrected chi connectivity index (χ1v) is 10.2. The van der Waals surface area contributed by atoms with Gasteiger partial charge in [-0.05, 0) is 50.1 Å².